The van der Waals surface area contributed by atoms with Crippen molar-refractivity contribution in [2.24, 2.45) is 0 Å². The molecule has 3 aromatic rings. The summed E-state index contributed by atoms with van der Waals surface area (Å²) in [6.07, 6.45) is 3.06. The zero-order valence-corrected chi connectivity index (χ0v) is 23.3. The van der Waals surface area contributed by atoms with E-state index in [0.29, 0.717) is 36.1 Å². The fourth-order valence-electron chi connectivity index (χ4n) is 4.34. The number of aromatic nitrogens is 3. The van der Waals surface area contributed by atoms with Crippen LogP contribution in [0, 0.1) is 0 Å². The number of anilines is 1. The van der Waals surface area contributed by atoms with E-state index >= 15 is 0 Å². The van der Waals surface area contributed by atoms with Crippen molar-refractivity contribution >= 4 is 46.2 Å². The van der Waals surface area contributed by atoms with Gasteiger partial charge in [-0.3, -0.25) is 14.2 Å². The third-order valence-electron chi connectivity index (χ3n) is 5.96. The molecule has 1 fully saturated rings. The summed E-state index contributed by atoms with van der Waals surface area (Å²) < 4.78 is 12.2. The Morgan fingerprint density at radius 1 is 1.23 bits per heavy atom. The van der Waals surface area contributed by atoms with Gasteiger partial charge in [0.25, 0.3) is 0 Å². The van der Waals surface area contributed by atoms with Gasteiger partial charge in [-0.2, -0.15) is 0 Å². The Kier molecular flexibility index (Phi) is 8.19. The number of hydrogen-bond donors (Lipinski definition) is 2. The smallest absolute Gasteiger partial charge is 0.408 e. The maximum Gasteiger partial charge on any atom is 0.408 e. The van der Waals surface area contributed by atoms with Gasteiger partial charge in [0.2, 0.25) is 11.3 Å². The molecule has 3 aromatic heterocycles. The normalized spacial score (nSPS) is 16.1. The standard InChI is InChI=1S/C26H32N6O6S/c1-6-37-23(35)18-19(33)17-8-7-10-27-20(17)32(24-28-11-13-39-24)22(18)31-12-9-16(14-31)30-21(34)15(2)29-25(36)38-26(3,4)5/h7-8,10-11,13,15-16H,6,9,12,14H2,1-5H3,(H,29,36)(H,30,34)/t15-,16?/m0/s1. The lowest BCUT2D eigenvalue weighted by Gasteiger charge is -2.26. The first-order valence-electron chi connectivity index (χ1n) is 12.7. The fraction of sp³-hybridized carbons (Fsp3) is 0.462. The van der Waals surface area contributed by atoms with Crippen molar-refractivity contribution in [2.45, 2.75) is 58.7 Å². The number of ether oxygens (including phenoxy) is 2. The predicted octanol–water partition coefficient (Wildman–Crippen LogP) is 2.63. The Hall–Kier alpha value is -4.00. The van der Waals surface area contributed by atoms with E-state index in [0.717, 1.165) is 0 Å². The SMILES string of the molecule is CCOC(=O)c1c(N2CCC(NC(=O)[C@H](C)NC(=O)OC(C)(C)C)C2)n(-c2nccs2)c2ncccc2c1=O. The lowest BCUT2D eigenvalue weighted by atomic mass is 10.1. The summed E-state index contributed by atoms with van der Waals surface area (Å²) in [4.78, 5) is 62.4. The molecule has 4 heterocycles. The number of hydrogen-bond acceptors (Lipinski definition) is 10. The molecule has 0 aliphatic carbocycles. The molecule has 0 radical (unpaired) electrons. The average Bonchev–Trinajstić information content (AvgIpc) is 3.55. The lowest BCUT2D eigenvalue weighted by molar-refractivity contribution is -0.123. The third kappa shape index (κ3) is 6.19. The maximum absolute atomic E-state index is 13.6. The number of esters is 1. The largest absolute Gasteiger partial charge is 0.462 e. The van der Waals surface area contributed by atoms with Gasteiger partial charge in [-0.25, -0.2) is 19.6 Å². The molecule has 2 atom stereocenters. The summed E-state index contributed by atoms with van der Waals surface area (Å²) in [6.45, 7) is 9.30. The van der Waals surface area contributed by atoms with Gasteiger partial charge in [0.05, 0.1) is 12.0 Å². The molecule has 208 valence electrons. The molecule has 39 heavy (non-hydrogen) atoms. The molecule has 1 saturated heterocycles. The number of nitrogens with one attached hydrogen (secondary N) is 2. The van der Waals surface area contributed by atoms with Crippen LogP contribution in [-0.2, 0) is 14.3 Å². The number of carbonyl (C=O) groups is 3. The van der Waals surface area contributed by atoms with Crippen molar-refractivity contribution in [2.75, 3.05) is 24.6 Å². The minimum absolute atomic E-state index is 0.0985. The molecule has 0 saturated carbocycles. The van der Waals surface area contributed by atoms with E-state index in [-0.39, 0.29) is 29.5 Å². The number of carbonyl (C=O) groups excluding carboxylic acids is 3. The van der Waals surface area contributed by atoms with Crippen molar-refractivity contribution in [1.29, 1.82) is 0 Å². The first kappa shape index (κ1) is 28.0. The summed E-state index contributed by atoms with van der Waals surface area (Å²) in [5, 5.41) is 8.07. The average molecular weight is 557 g/mol. The Balaban J connectivity index is 1.66. The number of thiazole rings is 1. The van der Waals surface area contributed by atoms with Crippen molar-refractivity contribution < 1.29 is 23.9 Å². The number of amides is 2. The molecular formula is C26H32N6O6S. The summed E-state index contributed by atoms with van der Waals surface area (Å²) in [7, 11) is 0. The molecule has 2 amide bonds. The molecule has 1 unspecified atom stereocenters. The Bertz CT molecular complexity index is 1430. The van der Waals surface area contributed by atoms with Gasteiger partial charge < -0.3 is 25.0 Å². The summed E-state index contributed by atoms with van der Waals surface area (Å²) in [6, 6.07) is 2.11. The topological polar surface area (TPSA) is 145 Å². The van der Waals surface area contributed by atoms with Crippen LogP contribution in [0.25, 0.3) is 16.2 Å². The minimum Gasteiger partial charge on any atom is -0.462 e. The number of nitrogens with zero attached hydrogens (tertiary/aromatic N) is 4. The van der Waals surface area contributed by atoms with Gasteiger partial charge >= 0.3 is 12.1 Å². The highest BCUT2D eigenvalue weighted by molar-refractivity contribution is 7.12. The van der Waals surface area contributed by atoms with Crippen LogP contribution >= 0.6 is 11.3 Å². The lowest BCUT2D eigenvalue weighted by Crippen LogP contribution is -2.49. The van der Waals surface area contributed by atoms with E-state index in [4.69, 9.17) is 9.47 Å². The molecule has 0 aromatic carbocycles. The van der Waals surface area contributed by atoms with Gasteiger partial charge in [0.1, 0.15) is 23.0 Å². The summed E-state index contributed by atoms with van der Waals surface area (Å²) in [5.74, 6) is -0.802. The second kappa shape index (κ2) is 11.4. The first-order valence-corrected chi connectivity index (χ1v) is 13.5. The molecule has 13 heteroatoms. The number of fused-ring (bicyclic) bond motifs is 1. The van der Waals surface area contributed by atoms with E-state index in [2.05, 4.69) is 20.6 Å². The van der Waals surface area contributed by atoms with E-state index in [1.165, 1.54) is 11.3 Å². The second-order valence-corrected chi connectivity index (χ2v) is 11.0. The third-order valence-corrected chi connectivity index (χ3v) is 6.71. The van der Waals surface area contributed by atoms with Crippen molar-refractivity contribution in [3.8, 4) is 5.13 Å². The van der Waals surface area contributed by atoms with Crippen molar-refractivity contribution in [3.63, 3.8) is 0 Å². The van der Waals surface area contributed by atoms with Crippen LogP contribution in [0.5, 0.6) is 0 Å². The van der Waals surface area contributed by atoms with Gasteiger partial charge in [-0.15, -0.1) is 11.3 Å². The van der Waals surface area contributed by atoms with E-state index in [1.54, 1.807) is 69.1 Å². The van der Waals surface area contributed by atoms with Crippen molar-refractivity contribution in [3.05, 3.63) is 45.7 Å². The monoisotopic (exact) mass is 556 g/mol. The predicted molar refractivity (Wildman–Crippen MR) is 147 cm³/mol. The number of rotatable bonds is 7. The molecule has 2 N–H and O–H groups in total. The molecule has 12 nitrogen and oxygen atoms in total. The molecule has 1 aliphatic heterocycles. The molecule has 4 rings (SSSR count). The second-order valence-electron chi connectivity index (χ2n) is 10.1. The maximum atomic E-state index is 13.6. The zero-order chi connectivity index (χ0) is 28.3. The first-order chi connectivity index (χ1) is 18.5. The molecule has 0 spiro atoms. The molecule has 0 bridgehead atoms. The van der Waals surface area contributed by atoms with E-state index in [1.807, 2.05) is 4.90 Å². The van der Waals surface area contributed by atoms with Gasteiger partial charge in [0.15, 0.2) is 10.8 Å². The number of pyridine rings is 2. The number of alkyl carbamates (subject to hydrolysis) is 1. The minimum atomic E-state index is -0.831. The van der Waals surface area contributed by atoms with Gasteiger partial charge in [-0.1, -0.05) is 0 Å². The van der Waals surface area contributed by atoms with Gasteiger partial charge in [-0.05, 0) is 53.2 Å². The van der Waals surface area contributed by atoms with Crippen LogP contribution in [0.4, 0.5) is 10.6 Å². The molecule has 1 aliphatic rings. The van der Waals surface area contributed by atoms with E-state index in [9.17, 15) is 19.2 Å². The highest BCUT2D eigenvalue weighted by Gasteiger charge is 2.34. The summed E-state index contributed by atoms with van der Waals surface area (Å²) >= 11 is 1.34. The van der Waals surface area contributed by atoms with Crippen LogP contribution in [0.2, 0.25) is 0 Å². The highest BCUT2D eigenvalue weighted by Crippen LogP contribution is 2.31. The fourth-order valence-corrected chi connectivity index (χ4v) is 4.99. The van der Waals surface area contributed by atoms with Crippen LogP contribution in [-0.4, -0.2) is 69.9 Å². The molecular weight excluding hydrogens is 524 g/mol. The zero-order valence-electron chi connectivity index (χ0n) is 22.5. The van der Waals surface area contributed by atoms with Crippen LogP contribution in [0.3, 0.4) is 0 Å². The van der Waals surface area contributed by atoms with Gasteiger partial charge in [0, 0.05) is 36.9 Å². The Labute approximate surface area is 229 Å². The van der Waals surface area contributed by atoms with Crippen LogP contribution in [0.1, 0.15) is 51.4 Å². The van der Waals surface area contributed by atoms with Crippen molar-refractivity contribution in [1.82, 2.24) is 25.2 Å². The van der Waals surface area contributed by atoms with E-state index < -0.39 is 29.1 Å². The quantitative estimate of drug-likeness (QED) is 0.420. The Morgan fingerprint density at radius 2 is 2.00 bits per heavy atom. The summed E-state index contributed by atoms with van der Waals surface area (Å²) in [5.41, 5.74) is -0.921. The van der Waals surface area contributed by atoms with Crippen LogP contribution < -0.4 is 21.0 Å². The van der Waals surface area contributed by atoms with Crippen LogP contribution in [0.15, 0.2) is 34.7 Å². The highest BCUT2D eigenvalue weighted by atomic mass is 32.1. The Morgan fingerprint density at radius 3 is 2.67 bits per heavy atom.